The quantitative estimate of drug-likeness (QED) is 0.512. The summed E-state index contributed by atoms with van der Waals surface area (Å²) in [5.74, 6) is 3.39. The molecule has 2 fully saturated rings. The number of unbranched alkanes of at least 4 members (excludes halogenated alkanes) is 1. The first-order valence-corrected chi connectivity index (χ1v) is 12.0. The maximum atomic E-state index is 14.4. The number of hydrogen-bond acceptors (Lipinski definition) is 2. The van der Waals surface area contributed by atoms with Gasteiger partial charge in [-0.25, -0.2) is 9.18 Å². The zero-order valence-corrected chi connectivity index (χ0v) is 18.2. The molecule has 0 radical (unpaired) electrons. The van der Waals surface area contributed by atoms with Crippen molar-refractivity contribution in [3.63, 3.8) is 0 Å². The lowest BCUT2D eigenvalue weighted by Gasteiger charge is -2.45. The number of fused-ring (bicyclic) bond motifs is 2. The molecule has 160 valence electrons. The minimum absolute atomic E-state index is 0.0880. The van der Waals surface area contributed by atoms with Gasteiger partial charge in [0.2, 0.25) is 0 Å². The third-order valence-corrected chi connectivity index (χ3v) is 8.36. The molecular weight excluding hydrogens is 363 g/mol. The summed E-state index contributed by atoms with van der Waals surface area (Å²) in [5, 5.41) is 0. The van der Waals surface area contributed by atoms with Gasteiger partial charge in [0.1, 0.15) is 5.82 Å². The summed E-state index contributed by atoms with van der Waals surface area (Å²) in [6, 6.07) is 3.35. The van der Waals surface area contributed by atoms with Crippen LogP contribution in [0, 0.1) is 35.4 Å². The van der Waals surface area contributed by atoms with E-state index in [1.54, 1.807) is 12.1 Å². The highest BCUT2D eigenvalue weighted by molar-refractivity contribution is 5.90. The summed E-state index contributed by atoms with van der Waals surface area (Å²) in [7, 11) is 1.31. The number of benzene rings is 1. The maximum Gasteiger partial charge on any atom is 0.340 e. The zero-order chi connectivity index (χ0) is 20.4. The summed E-state index contributed by atoms with van der Waals surface area (Å²) in [6.45, 7) is 2.31. The van der Waals surface area contributed by atoms with Crippen molar-refractivity contribution in [2.45, 2.75) is 84.0 Å². The number of esters is 1. The highest BCUT2D eigenvalue weighted by Gasteiger charge is 2.38. The van der Waals surface area contributed by atoms with Gasteiger partial charge in [-0.1, -0.05) is 32.6 Å². The number of rotatable bonds is 5. The number of ether oxygens (including phenoxy) is 1. The highest BCUT2D eigenvalue weighted by atomic mass is 19.1. The minimum Gasteiger partial charge on any atom is -0.465 e. The van der Waals surface area contributed by atoms with Crippen molar-refractivity contribution in [2.24, 2.45) is 29.6 Å². The molecule has 3 heteroatoms. The van der Waals surface area contributed by atoms with Crippen LogP contribution in [0.15, 0.2) is 12.1 Å². The Balaban J connectivity index is 1.37. The Labute approximate surface area is 175 Å². The topological polar surface area (TPSA) is 26.3 Å². The van der Waals surface area contributed by atoms with Crippen LogP contribution in [0.3, 0.4) is 0 Å². The van der Waals surface area contributed by atoms with Crippen molar-refractivity contribution in [1.82, 2.24) is 0 Å². The third-order valence-electron chi connectivity index (χ3n) is 8.36. The Morgan fingerprint density at radius 2 is 1.72 bits per heavy atom. The molecule has 0 heterocycles. The Hall–Kier alpha value is -1.38. The van der Waals surface area contributed by atoms with Crippen molar-refractivity contribution >= 4 is 5.97 Å². The van der Waals surface area contributed by atoms with Crippen molar-refractivity contribution in [1.29, 1.82) is 0 Å². The standard InChI is InChI=1S/C26H37FO2/c1-3-4-5-17-6-7-19-13-20(9-8-18(19)12-17)21-10-11-22-15-24(26(28)29-2)25(27)16-23(22)14-21/h15-21H,3-14H2,1-2H3. The Morgan fingerprint density at radius 1 is 1.00 bits per heavy atom. The van der Waals surface area contributed by atoms with Crippen molar-refractivity contribution in [3.05, 3.63) is 34.6 Å². The van der Waals surface area contributed by atoms with E-state index in [1.807, 2.05) is 0 Å². The van der Waals surface area contributed by atoms with Gasteiger partial charge >= 0.3 is 5.97 Å². The summed E-state index contributed by atoms with van der Waals surface area (Å²) >= 11 is 0. The number of methoxy groups -OCH3 is 1. The van der Waals surface area contributed by atoms with Crippen LogP contribution >= 0.6 is 0 Å². The molecule has 1 aromatic carbocycles. The summed E-state index contributed by atoms with van der Waals surface area (Å²) in [6.07, 6.45) is 15.9. The zero-order valence-electron chi connectivity index (χ0n) is 18.2. The molecule has 0 amide bonds. The van der Waals surface area contributed by atoms with Crippen LogP contribution < -0.4 is 0 Å². The smallest absolute Gasteiger partial charge is 0.340 e. The van der Waals surface area contributed by atoms with E-state index in [1.165, 1.54) is 71.3 Å². The lowest BCUT2D eigenvalue weighted by atomic mass is 9.61. The lowest BCUT2D eigenvalue weighted by molar-refractivity contribution is 0.0595. The second-order valence-electron chi connectivity index (χ2n) is 10.0. The number of carbonyl (C=O) groups excluding carboxylic acids is 1. The van der Waals surface area contributed by atoms with Crippen molar-refractivity contribution in [3.8, 4) is 0 Å². The first-order chi connectivity index (χ1) is 14.1. The van der Waals surface area contributed by atoms with Gasteiger partial charge in [-0.15, -0.1) is 0 Å². The average Bonchev–Trinajstić information content (AvgIpc) is 2.75. The molecule has 2 saturated carbocycles. The molecule has 0 aromatic heterocycles. The van der Waals surface area contributed by atoms with E-state index in [0.29, 0.717) is 5.92 Å². The first kappa shape index (κ1) is 20.9. The highest BCUT2D eigenvalue weighted by Crippen LogP contribution is 2.49. The molecule has 0 saturated heterocycles. The van der Waals surface area contributed by atoms with Gasteiger partial charge in [0.15, 0.2) is 0 Å². The molecule has 4 rings (SSSR count). The van der Waals surface area contributed by atoms with E-state index in [0.717, 1.165) is 47.6 Å². The van der Waals surface area contributed by atoms with Crippen molar-refractivity contribution in [2.75, 3.05) is 7.11 Å². The fourth-order valence-corrected chi connectivity index (χ4v) is 6.68. The van der Waals surface area contributed by atoms with E-state index in [-0.39, 0.29) is 5.56 Å². The fraction of sp³-hybridized carbons (Fsp3) is 0.731. The van der Waals surface area contributed by atoms with Crippen LogP contribution in [0.4, 0.5) is 4.39 Å². The molecule has 1 aromatic rings. The van der Waals surface area contributed by atoms with Crippen LogP contribution in [0.2, 0.25) is 0 Å². The predicted octanol–water partition coefficient (Wildman–Crippen LogP) is 6.74. The molecule has 5 atom stereocenters. The molecule has 0 spiro atoms. The molecular formula is C26H37FO2. The lowest BCUT2D eigenvalue weighted by Crippen LogP contribution is -2.35. The van der Waals surface area contributed by atoms with Crippen LogP contribution in [-0.2, 0) is 17.6 Å². The number of carbonyl (C=O) groups is 1. The molecule has 0 N–H and O–H groups in total. The molecule has 0 bridgehead atoms. The van der Waals surface area contributed by atoms with Crippen molar-refractivity contribution < 1.29 is 13.9 Å². The van der Waals surface area contributed by atoms with Gasteiger partial charge in [0, 0.05) is 0 Å². The van der Waals surface area contributed by atoms with Crippen LogP contribution in [0.5, 0.6) is 0 Å². The third kappa shape index (κ3) is 4.54. The second kappa shape index (κ2) is 9.18. The van der Waals surface area contributed by atoms with Gasteiger partial charge < -0.3 is 4.74 Å². The van der Waals surface area contributed by atoms with Gasteiger partial charge in [-0.3, -0.25) is 0 Å². The Morgan fingerprint density at radius 3 is 2.48 bits per heavy atom. The molecule has 3 aliphatic carbocycles. The van der Waals surface area contributed by atoms with Crippen LogP contribution in [-0.4, -0.2) is 13.1 Å². The summed E-state index contributed by atoms with van der Waals surface area (Å²) in [4.78, 5) is 11.8. The first-order valence-electron chi connectivity index (χ1n) is 12.0. The summed E-state index contributed by atoms with van der Waals surface area (Å²) in [5.41, 5.74) is 2.36. The van der Waals surface area contributed by atoms with Gasteiger partial charge in [0.05, 0.1) is 12.7 Å². The van der Waals surface area contributed by atoms with Gasteiger partial charge in [-0.05, 0) is 104 Å². The number of halogens is 1. The number of aryl methyl sites for hydroxylation is 1. The van der Waals surface area contributed by atoms with Crippen LogP contribution in [0.1, 0.15) is 92.6 Å². The molecule has 29 heavy (non-hydrogen) atoms. The second-order valence-corrected chi connectivity index (χ2v) is 10.0. The fourth-order valence-electron chi connectivity index (χ4n) is 6.68. The maximum absolute atomic E-state index is 14.4. The summed E-state index contributed by atoms with van der Waals surface area (Å²) < 4.78 is 19.2. The molecule has 5 unspecified atom stereocenters. The monoisotopic (exact) mass is 400 g/mol. The SMILES string of the molecule is CCCCC1CCC2CC(C3CCc4cc(C(=O)OC)c(F)cc4C3)CCC2C1. The van der Waals surface area contributed by atoms with E-state index >= 15 is 0 Å². The Bertz CT molecular complexity index is 728. The average molecular weight is 401 g/mol. The normalized spacial score (nSPS) is 31.6. The number of hydrogen-bond donors (Lipinski definition) is 0. The van der Waals surface area contributed by atoms with Gasteiger partial charge in [0.25, 0.3) is 0 Å². The Kier molecular flexibility index (Phi) is 6.61. The van der Waals surface area contributed by atoms with E-state index in [9.17, 15) is 9.18 Å². The van der Waals surface area contributed by atoms with E-state index in [4.69, 9.17) is 4.74 Å². The van der Waals surface area contributed by atoms with Crippen LogP contribution in [0.25, 0.3) is 0 Å². The predicted molar refractivity (Wildman–Crippen MR) is 114 cm³/mol. The largest absolute Gasteiger partial charge is 0.465 e. The molecule has 2 nitrogen and oxygen atoms in total. The minimum atomic E-state index is -0.569. The molecule has 0 aliphatic heterocycles. The van der Waals surface area contributed by atoms with Gasteiger partial charge in [-0.2, -0.15) is 0 Å². The van der Waals surface area contributed by atoms with E-state index < -0.39 is 11.8 Å². The van der Waals surface area contributed by atoms with E-state index in [2.05, 4.69) is 6.92 Å². The molecule has 3 aliphatic rings.